The maximum atomic E-state index is 6.19. The predicted octanol–water partition coefficient (Wildman–Crippen LogP) is 2.55. The lowest BCUT2D eigenvalue weighted by Crippen LogP contribution is -2.24. The summed E-state index contributed by atoms with van der Waals surface area (Å²) in [5.41, 5.74) is 4.08. The average molecular weight is 196 g/mol. The molecule has 0 spiro atoms. The summed E-state index contributed by atoms with van der Waals surface area (Å²) in [6.07, 6.45) is 2.18. The predicted molar refractivity (Wildman–Crippen MR) is 56.2 cm³/mol. The summed E-state index contributed by atoms with van der Waals surface area (Å²) >= 11 is 6.19. The number of hydrogen-bond acceptors (Lipinski definition) is 1. The highest BCUT2D eigenvalue weighted by molar-refractivity contribution is 6.31. The number of benzene rings is 1. The van der Waals surface area contributed by atoms with Crippen LogP contribution in [-0.2, 0) is 19.4 Å². The lowest BCUT2D eigenvalue weighted by Gasteiger charge is -2.19. The van der Waals surface area contributed by atoms with E-state index in [0.717, 1.165) is 31.0 Å². The van der Waals surface area contributed by atoms with Gasteiger partial charge in [0.1, 0.15) is 0 Å². The molecule has 13 heavy (non-hydrogen) atoms. The van der Waals surface area contributed by atoms with Crippen molar-refractivity contribution in [2.75, 3.05) is 6.54 Å². The summed E-state index contributed by atoms with van der Waals surface area (Å²) in [4.78, 5) is 0. The van der Waals surface area contributed by atoms with Crippen LogP contribution in [0.25, 0.3) is 0 Å². The fourth-order valence-electron chi connectivity index (χ4n) is 1.82. The van der Waals surface area contributed by atoms with Crippen molar-refractivity contribution in [3.63, 3.8) is 0 Å². The van der Waals surface area contributed by atoms with E-state index in [4.69, 9.17) is 11.6 Å². The van der Waals surface area contributed by atoms with Crippen molar-refractivity contribution < 1.29 is 0 Å². The maximum Gasteiger partial charge on any atom is 0.0456 e. The second-order valence-electron chi connectivity index (χ2n) is 3.50. The van der Waals surface area contributed by atoms with Gasteiger partial charge in [-0.3, -0.25) is 0 Å². The van der Waals surface area contributed by atoms with Crippen molar-refractivity contribution in [1.29, 1.82) is 0 Å². The minimum absolute atomic E-state index is 0.929. The molecule has 1 aliphatic heterocycles. The van der Waals surface area contributed by atoms with Crippen molar-refractivity contribution in [3.8, 4) is 0 Å². The molecule has 0 amide bonds. The first-order valence-electron chi connectivity index (χ1n) is 4.82. The second kappa shape index (κ2) is 3.69. The lowest BCUT2D eigenvalue weighted by molar-refractivity contribution is 0.643. The zero-order valence-electron chi connectivity index (χ0n) is 7.86. The van der Waals surface area contributed by atoms with E-state index in [1.807, 2.05) is 0 Å². The van der Waals surface area contributed by atoms with Gasteiger partial charge in [-0.15, -0.1) is 0 Å². The van der Waals surface area contributed by atoms with Gasteiger partial charge >= 0.3 is 0 Å². The van der Waals surface area contributed by atoms with E-state index in [9.17, 15) is 0 Å². The normalized spacial score (nSPS) is 15.5. The fraction of sp³-hybridized carbons (Fsp3) is 0.455. The number of hydrogen-bond donors (Lipinski definition) is 1. The molecular formula is C11H14ClN. The SMILES string of the molecule is CCc1cc(Cl)c2c(c1)CCNC2. The molecule has 2 rings (SSSR count). The minimum Gasteiger partial charge on any atom is -0.312 e. The van der Waals surface area contributed by atoms with Crippen LogP contribution in [0.2, 0.25) is 5.02 Å². The van der Waals surface area contributed by atoms with Gasteiger partial charge in [0, 0.05) is 11.6 Å². The molecule has 1 aromatic carbocycles. The summed E-state index contributed by atoms with van der Waals surface area (Å²) in [5, 5.41) is 4.27. The summed E-state index contributed by atoms with van der Waals surface area (Å²) in [7, 11) is 0. The van der Waals surface area contributed by atoms with Gasteiger partial charge in [-0.05, 0) is 42.1 Å². The monoisotopic (exact) mass is 195 g/mol. The molecule has 1 N–H and O–H groups in total. The Hall–Kier alpha value is -0.530. The minimum atomic E-state index is 0.929. The van der Waals surface area contributed by atoms with Crippen molar-refractivity contribution in [1.82, 2.24) is 5.32 Å². The Bertz CT molecular complexity index is 320. The summed E-state index contributed by atoms with van der Waals surface area (Å²) in [5.74, 6) is 0. The summed E-state index contributed by atoms with van der Waals surface area (Å²) in [6.45, 7) is 4.17. The van der Waals surface area contributed by atoms with E-state index in [1.165, 1.54) is 16.7 Å². The molecule has 0 saturated carbocycles. The van der Waals surface area contributed by atoms with Crippen molar-refractivity contribution in [2.45, 2.75) is 26.3 Å². The topological polar surface area (TPSA) is 12.0 Å². The molecule has 1 aliphatic rings. The first kappa shape index (κ1) is 9.04. The third-order valence-corrected chi connectivity index (χ3v) is 2.97. The third-order valence-electron chi connectivity index (χ3n) is 2.63. The van der Waals surface area contributed by atoms with Crippen molar-refractivity contribution in [3.05, 3.63) is 33.8 Å². The Morgan fingerprint density at radius 2 is 2.31 bits per heavy atom. The van der Waals surface area contributed by atoms with E-state index >= 15 is 0 Å². The van der Waals surface area contributed by atoms with Crippen LogP contribution in [0, 0.1) is 0 Å². The van der Waals surface area contributed by atoms with Crippen LogP contribution in [0.1, 0.15) is 23.6 Å². The highest BCUT2D eigenvalue weighted by atomic mass is 35.5. The van der Waals surface area contributed by atoms with Crippen LogP contribution in [0.3, 0.4) is 0 Å². The Morgan fingerprint density at radius 3 is 3.08 bits per heavy atom. The Kier molecular flexibility index (Phi) is 2.56. The second-order valence-corrected chi connectivity index (χ2v) is 3.90. The van der Waals surface area contributed by atoms with E-state index in [1.54, 1.807) is 0 Å². The molecule has 2 heteroatoms. The first-order chi connectivity index (χ1) is 6.31. The van der Waals surface area contributed by atoms with Crippen LogP contribution in [0.5, 0.6) is 0 Å². The van der Waals surface area contributed by atoms with Gasteiger partial charge in [0.25, 0.3) is 0 Å². The molecule has 0 bridgehead atoms. The molecule has 0 aliphatic carbocycles. The highest BCUT2D eigenvalue weighted by Crippen LogP contribution is 2.25. The van der Waals surface area contributed by atoms with Gasteiger partial charge in [-0.2, -0.15) is 0 Å². The Balaban J connectivity index is 2.47. The summed E-state index contributed by atoms with van der Waals surface area (Å²) < 4.78 is 0. The number of aryl methyl sites for hydroxylation is 1. The largest absolute Gasteiger partial charge is 0.312 e. The number of halogens is 1. The van der Waals surface area contributed by atoms with E-state index in [2.05, 4.69) is 24.4 Å². The molecule has 0 unspecified atom stereocenters. The smallest absolute Gasteiger partial charge is 0.0456 e. The quantitative estimate of drug-likeness (QED) is 0.727. The number of nitrogens with one attached hydrogen (secondary N) is 1. The van der Waals surface area contributed by atoms with Gasteiger partial charge in [0.2, 0.25) is 0 Å². The van der Waals surface area contributed by atoms with E-state index in [-0.39, 0.29) is 0 Å². The van der Waals surface area contributed by atoms with Gasteiger partial charge in [-0.25, -0.2) is 0 Å². The molecule has 0 fully saturated rings. The van der Waals surface area contributed by atoms with Crippen LogP contribution in [-0.4, -0.2) is 6.54 Å². The third kappa shape index (κ3) is 1.72. The van der Waals surface area contributed by atoms with Crippen molar-refractivity contribution in [2.24, 2.45) is 0 Å². The molecule has 1 nitrogen and oxygen atoms in total. The molecular weight excluding hydrogens is 182 g/mol. The highest BCUT2D eigenvalue weighted by Gasteiger charge is 2.12. The zero-order chi connectivity index (χ0) is 9.26. The molecule has 70 valence electrons. The molecule has 0 atom stereocenters. The van der Waals surface area contributed by atoms with E-state index in [0.29, 0.717) is 0 Å². The van der Waals surface area contributed by atoms with Crippen molar-refractivity contribution >= 4 is 11.6 Å². The average Bonchev–Trinajstić information content (AvgIpc) is 2.18. The van der Waals surface area contributed by atoms with Crippen LogP contribution < -0.4 is 5.32 Å². The zero-order valence-corrected chi connectivity index (χ0v) is 8.62. The number of fused-ring (bicyclic) bond motifs is 1. The van der Waals surface area contributed by atoms with Gasteiger partial charge < -0.3 is 5.32 Å². The van der Waals surface area contributed by atoms with Gasteiger partial charge in [-0.1, -0.05) is 24.6 Å². The number of rotatable bonds is 1. The fourth-order valence-corrected chi connectivity index (χ4v) is 2.15. The first-order valence-corrected chi connectivity index (χ1v) is 5.20. The van der Waals surface area contributed by atoms with Gasteiger partial charge in [0.15, 0.2) is 0 Å². The van der Waals surface area contributed by atoms with E-state index < -0.39 is 0 Å². The molecule has 1 heterocycles. The van der Waals surface area contributed by atoms with Crippen LogP contribution >= 0.6 is 11.6 Å². The van der Waals surface area contributed by atoms with Crippen LogP contribution in [0.4, 0.5) is 0 Å². The maximum absolute atomic E-state index is 6.19. The molecule has 0 saturated heterocycles. The standard InChI is InChI=1S/C11H14ClN/c1-2-8-5-9-3-4-13-7-10(9)11(12)6-8/h5-6,13H,2-4,7H2,1H3. The molecule has 1 aromatic rings. The Morgan fingerprint density at radius 1 is 1.46 bits per heavy atom. The molecule has 0 radical (unpaired) electrons. The Labute approximate surface area is 84.1 Å². The lowest BCUT2D eigenvalue weighted by atomic mass is 9.97. The molecule has 0 aromatic heterocycles. The summed E-state index contributed by atoms with van der Waals surface area (Å²) in [6, 6.07) is 4.38. The van der Waals surface area contributed by atoms with Gasteiger partial charge in [0.05, 0.1) is 0 Å². The van der Waals surface area contributed by atoms with Crippen LogP contribution in [0.15, 0.2) is 12.1 Å².